The van der Waals surface area contributed by atoms with E-state index in [1.807, 2.05) is 11.1 Å². The minimum Gasteiger partial charge on any atom is -0.343 e. The van der Waals surface area contributed by atoms with Crippen LogP contribution in [0.2, 0.25) is 0 Å². The van der Waals surface area contributed by atoms with Crippen molar-refractivity contribution in [3.05, 3.63) is 17.7 Å². The molecule has 1 atom stereocenters. The Morgan fingerprint density at radius 3 is 2.83 bits per heavy atom. The number of nitrogens with zero attached hydrogens (tertiary/aromatic N) is 3. The summed E-state index contributed by atoms with van der Waals surface area (Å²) >= 11 is 0. The van der Waals surface area contributed by atoms with Crippen LogP contribution in [0.25, 0.3) is 0 Å². The molecule has 1 amide bonds. The molecule has 0 unspecified atom stereocenters. The SMILES string of the molecule is CC(=O)N1CC[C@H](Cc2ncc(C)n2C(C)C)C1. The van der Waals surface area contributed by atoms with Gasteiger partial charge in [-0.25, -0.2) is 4.98 Å². The van der Waals surface area contributed by atoms with Crippen molar-refractivity contribution in [3.8, 4) is 0 Å². The van der Waals surface area contributed by atoms with Crippen LogP contribution in [0.1, 0.15) is 44.8 Å². The van der Waals surface area contributed by atoms with E-state index in [9.17, 15) is 4.79 Å². The molecule has 100 valence electrons. The first-order chi connectivity index (χ1) is 8.49. The van der Waals surface area contributed by atoms with Crippen molar-refractivity contribution in [2.24, 2.45) is 5.92 Å². The molecule has 2 heterocycles. The molecule has 0 spiro atoms. The Bertz CT molecular complexity index is 436. The van der Waals surface area contributed by atoms with Crippen LogP contribution in [-0.4, -0.2) is 33.4 Å². The minimum absolute atomic E-state index is 0.195. The molecule has 2 rings (SSSR count). The third-order valence-electron chi connectivity index (χ3n) is 3.78. The van der Waals surface area contributed by atoms with Crippen LogP contribution in [0.5, 0.6) is 0 Å². The van der Waals surface area contributed by atoms with Gasteiger partial charge in [0.05, 0.1) is 0 Å². The molecule has 18 heavy (non-hydrogen) atoms. The number of rotatable bonds is 3. The van der Waals surface area contributed by atoms with Gasteiger partial charge in [0, 0.05) is 44.4 Å². The van der Waals surface area contributed by atoms with Crippen LogP contribution in [0.15, 0.2) is 6.20 Å². The van der Waals surface area contributed by atoms with E-state index >= 15 is 0 Å². The quantitative estimate of drug-likeness (QED) is 0.823. The van der Waals surface area contributed by atoms with Gasteiger partial charge in [-0.2, -0.15) is 0 Å². The third kappa shape index (κ3) is 2.57. The first-order valence-corrected chi connectivity index (χ1v) is 6.77. The summed E-state index contributed by atoms with van der Waals surface area (Å²) in [6.45, 7) is 9.93. The van der Waals surface area contributed by atoms with Crippen molar-refractivity contribution in [1.82, 2.24) is 14.5 Å². The number of aromatic nitrogens is 2. The van der Waals surface area contributed by atoms with E-state index in [1.54, 1.807) is 6.92 Å². The van der Waals surface area contributed by atoms with Crippen molar-refractivity contribution in [3.63, 3.8) is 0 Å². The maximum Gasteiger partial charge on any atom is 0.219 e. The largest absolute Gasteiger partial charge is 0.343 e. The molecular formula is C14H23N3O. The van der Waals surface area contributed by atoms with E-state index in [4.69, 9.17) is 0 Å². The second-order valence-corrected chi connectivity index (χ2v) is 5.60. The average Bonchev–Trinajstić information content (AvgIpc) is 2.86. The maximum absolute atomic E-state index is 11.3. The summed E-state index contributed by atoms with van der Waals surface area (Å²) < 4.78 is 2.30. The summed E-state index contributed by atoms with van der Waals surface area (Å²) in [5.41, 5.74) is 1.22. The van der Waals surface area contributed by atoms with Gasteiger partial charge in [-0.1, -0.05) is 0 Å². The lowest BCUT2D eigenvalue weighted by Crippen LogP contribution is -2.26. The lowest BCUT2D eigenvalue weighted by atomic mass is 10.0. The summed E-state index contributed by atoms with van der Waals surface area (Å²) in [5, 5.41) is 0. The molecule has 1 aromatic heterocycles. The first kappa shape index (κ1) is 13.1. The van der Waals surface area contributed by atoms with Gasteiger partial charge < -0.3 is 9.47 Å². The molecule has 0 aliphatic carbocycles. The molecule has 1 aliphatic heterocycles. The molecule has 0 radical (unpaired) electrons. The van der Waals surface area contributed by atoms with Crippen LogP contribution in [-0.2, 0) is 11.2 Å². The lowest BCUT2D eigenvalue weighted by molar-refractivity contribution is -0.127. The van der Waals surface area contributed by atoms with Gasteiger partial charge in [-0.3, -0.25) is 4.79 Å². The predicted molar refractivity (Wildman–Crippen MR) is 71.4 cm³/mol. The van der Waals surface area contributed by atoms with Crippen LogP contribution in [0.4, 0.5) is 0 Å². The van der Waals surface area contributed by atoms with Gasteiger partial charge in [0.15, 0.2) is 0 Å². The first-order valence-electron chi connectivity index (χ1n) is 6.77. The maximum atomic E-state index is 11.3. The molecule has 4 nitrogen and oxygen atoms in total. The molecule has 0 saturated carbocycles. The van der Waals surface area contributed by atoms with Gasteiger partial charge in [0.2, 0.25) is 5.91 Å². The summed E-state index contributed by atoms with van der Waals surface area (Å²) in [5.74, 6) is 1.92. The van der Waals surface area contributed by atoms with Gasteiger partial charge in [0.25, 0.3) is 0 Å². The number of imidazole rings is 1. The number of hydrogen-bond acceptors (Lipinski definition) is 2. The number of hydrogen-bond donors (Lipinski definition) is 0. The highest BCUT2D eigenvalue weighted by Crippen LogP contribution is 2.22. The highest BCUT2D eigenvalue weighted by atomic mass is 16.2. The van der Waals surface area contributed by atoms with E-state index in [0.29, 0.717) is 12.0 Å². The Hall–Kier alpha value is -1.32. The van der Waals surface area contributed by atoms with Gasteiger partial charge in [-0.05, 0) is 33.1 Å². The summed E-state index contributed by atoms with van der Waals surface area (Å²) in [4.78, 5) is 17.8. The van der Waals surface area contributed by atoms with Gasteiger partial charge in [0.1, 0.15) is 5.82 Å². The number of carbonyl (C=O) groups is 1. The second-order valence-electron chi connectivity index (χ2n) is 5.60. The number of likely N-dealkylation sites (tertiary alicyclic amines) is 1. The average molecular weight is 249 g/mol. The summed E-state index contributed by atoms with van der Waals surface area (Å²) in [7, 11) is 0. The fourth-order valence-corrected chi connectivity index (χ4v) is 2.90. The third-order valence-corrected chi connectivity index (χ3v) is 3.78. The number of carbonyl (C=O) groups excluding carboxylic acids is 1. The minimum atomic E-state index is 0.195. The van der Waals surface area contributed by atoms with Crippen molar-refractivity contribution in [1.29, 1.82) is 0 Å². The predicted octanol–water partition coefficient (Wildman–Crippen LogP) is 2.18. The Morgan fingerprint density at radius 1 is 1.56 bits per heavy atom. The zero-order valence-electron chi connectivity index (χ0n) is 11.8. The molecule has 1 saturated heterocycles. The van der Waals surface area contributed by atoms with E-state index in [2.05, 4.69) is 30.3 Å². The Kier molecular flexibility index (Phi) is 3.73. The molecule has 4 heteroatoms. The molecule has 1 fully saturated rings. The van der Waals surface area contributed by atoms with Gasteiger partial charge >= 0.3 is 0 Å². The molecule has 0 aromatic carbocycles. The van der Waals surface area contributed by atoms with Crippen molar-refractivity contribution in [2.45, 2.75) is 46.6 Å². The Labute approximate surface area is 109 Å². The van der Waals surface area contributed by atoms with Crippen molar-refractivity contribution < 1.29 is 4.79 Å². The Balaban J connectivity index is 2.05. The normalized spacial score (nSPS) is 19.8. The highest BCUT2D eigenvalue weighted by molar-refractivity contribution is 5.73. The summed E-state index contributed by atoms with van der Waals surface area (Å²) in [6.07, 6.45) is 4.03. The summed E-state index contributed by atoms with van der Waals surface area (Å²) in [6, 6.07) is 0.452. The van der Waals surface area contributed by atoms with E-state index in [0.717, 1.165) is 31.8 Å². The van der Waals surface area contributed by atoms with E-state index < -0.39 is 0 Å². The molecule has 0 N–H and O–H groups in total. The molecule has 1 aromatic rings. The van der Waals surface area contributed by atoms with Crippen LogP contribution in [0, 0.1) is 12.8 Å². The lowest BCUT2D eigenvalue weighted by Gasteiger charge is -2.17. The smallest absolute Gasteiger partial charge is 0.219 e. The van der Waals surface area contributed by atoms with Gasteiger partial charge in [-0.15, -0.1) is 0 Å². The molecule has 1 aliphatic rings. The Morgan fingerprint density at radius 2 is 2.28 bits per heavy atom. The number of amides is 1. The second kappa shape index (κ2) is 5.12. The monoisotopic (exact) mass is 249 g/mol. The van der Waals surface area contributed by atoms with Crippen LogP contribution < -0.4 is 0 Å². The van der Waals surface area contributed by atoms with E-state index in [1.165, 1.54) is 5.69 Å². The fraction of sp³-hybridized carbons (Fsp3) is 0.714. The standard InChI is InChI=1S/C14H23N3O/c1-10(2)17-11(3)8-15-14(17)7-13-5-6-16(9-13)12(4)18/h8,10,13H,5-7,9H2,1-4H3/t13-/m1/s1. The zero-order valence-corrected chi connectivity index (χ0v) is 11.8. The molecule has 0 bridgehead atoms. The van der Waals surface area contributed by atoms with Crippen molar-refractivity contribution >= 4 is 5.91 Å². The molecular weight excluding hydrogens is 226 g/mol. The van der Waals surface area contributed by atoms with Crippen LogP contribution in [0.3, 0.4) is 0 Å². The highest BCUT2D eigenvalue weighted by Gasteiger charge is 2.26. The topological polar surface area (TPSA) is 38.1 Å². The van der Waals surface area contributed by atoms with Crippen LogP contribution >= 0.6 is 0 Å². The fourth-order valence-electron chi connectivity index (χ4n) is 2.90. The number of aryl methyl sites for hydroxylation is 1. The zero-order chi connectivity index (χ0) is 13.3. The van der Waals surface area contributed by atoms with E-state index in [-0.39, 0.29) is 5.91 Å². The van der Waals surface area contributed by atoms with Crippen molar-refractivity contribution in [2.75, 3.05) is 13.1 Å².